The summed E-state index contributed by atoms with van der Waals surface area (Å²) in [6, 6.07) is 16.8. The molecule has 2 aromatic carbocycles. The molecule has 0 spiro atoms. The van der Waals surface area contributed by atoms with Gasteiger partial charge in [-0.25, -0.2) is 10.3 Å². The van der Waals surface area contributed by atoms with Crippen LogP contribution in [-0.2, 0) is 4.79 Å². The van der Waals surface area contributed by atoms with Crippen molar-refractivity contribution in [1.29, 1.82) is 0 Å². The number of hydrogen-bond donors (Lipinski definition) is 4. The predicted molar refractivity (Wildman–Crippen MR) is 110 cm³/mol. The second kappa shape index (κ2) is 9.40. The first-order valence-electron chi connectivity index (χ1n) is 9.57. The molecule has 2 aromatic rings. The molecule has 3 rings (SSSR count). The lowest BCUT2D eigenvalue weighted by Gasteiger charge is -2.36. The van der Waals surface area contributed by atoms with Gasteiger partial charge in [0.2, 0.25) is 0 Å². The number of nitrogens with one attached hydrogen (secondary N) is 2. The van der Waals surface area contributed by atoms with Gasteiger partial charge in [0, 0.05) is 31.9 Å². The molecule has 0 radical (unpaired) electrons. The Hall–Kier alpha value is -3.10. The van der Waals surface area contributed by atoms with Crippen molar-refractivity contribution < 1.29 is 19.9 Å². The van der Waals surface area contributed by atoms with Gasteiger partial charge in [-0.05, 0) is 30.2 Å². The van der Waals surface area contributed by atoms with Crippen molar-refractivity contribution in [3.63, 3.8) is 0 Å². The first-order valence-corrected chi connectivity index (χ1v) is 9.57. The lowest BCUT2D eigenvalue weighted by Crippen LogP contribution is -2.58. The molecule has 2 atom stereocenters. The number of amides is 3. The van der Waals surface area contributed by atoms with Crippen molar-refractivity contribution in [2.75, 3.05) is 31.1 Å². The number of carbonyl (C=O) groups excluding carboxylic acids is 2. The summed E-state index contributed by atoms with van der Waals surface area (Å²) in [5.41, 5.74) is 4.87. The van der Waals surface area contributed by atoms with E-state index in [9.17, 15) is 14.7 Å². The van der Waals surface area contributed by atoms with Gasteiger partial charge in [0.25, 0.3) is 5.91 Å². The normalized spacial score (nSPS) is 16.1. The number of urea groups is 1. The molecule has 8 nitrogen and oxygen atoms in total. The first kappa shape index (κ1) is 20.6. The molecule has 0 aromatic heterocycles. The minimum Gasteiger partial charge on any atom is -0.391 e. The Labute approximate surface area is 169 Å². The van der Waals surface area contributed by atoms with Crippen LogP contribution in [-0.4, -0.2) is 65.5 Å². The third-order valence-electron chi connectivity index (χ3n) is 5.06. The molecule has 0 aliphatic carbocycles. The van der Waals surface area contributed by atoms with Crippen LogP contribution in [0.5, 0.6) is 0 Å². The Kier molecular flexibility index (Phi) is 6.69. The molecule has 0 saturated carbocycles. The summed E-state index contributed by atoms with van der Waals surface area (Å²) in [6.07, 6.45) is -1.13. The zero-order valence-electron chi connectivity index (χ0n) is 16.3. The van der Waals surface area contributed by atoms with E-state index in [-0.39, 0.29) is 0 Å². The van der Waals surface area contributed by atoms with Crippen LogP contribution in [0.25, 0.3) is 11.1 Å². The standard InChI is InChI=1S/C21H26N4O4/c1-15(26)19(20(27)23-29)22-21(28)25-13-11-24(12-14-25)18-9-7-17(8-10-18)16-5-3-2-4-6-16/h2-10,15,19,26,29H,11-14H2,1H3,(H,22,28)(H,23,27)/t15-,19-/m1/s1. The van der Waals surface area contributed by atoms with Crippen LogP contribution in [0.4, 0.5) is 10.5 Å². The smallest absolute Gasteiger partial charge is 0.318 e. The van der Waals surface area contributed by atoms with Crippen LogP contribution >= 0.6 is 0 Å². The monoisotopic (exact) mass is 398 g/mol. The highest BCUT2D eigenvalue weighted by atomic mass is 16.5. The first-order chi connectivity index (χ1) is 14.0. The zero-order chi connectivity index (χ0) is 20.8. The Bertz CT molecular complexity index is 818. The van der Waals surface area contributed by atoms with Crippen molar-refractivity contribution in [1.82, 2.24) is 15.7 Å². The summed E-state index contributed by atoms with van der Waals surface area (Å²) >= 11 is 0. The van der Waals surface area contributed by atoms with E-state index in [1.165, 1.54) is 18.0 Å². The summed E-state index contributed by atoms with van der Waals surface area (Å²) in [5.74, 6) is -0.856. The van der Waals surface area contributed by atoms with E-state index in [1.807, 2.05) is 18.2 Å². The summed E-state index contributed by atoms with van der Waals surface area (Å²) in [5, 5.41) is 20.9. The molecule has 1 aliphatic heterocycles. The molecule has 1 fully saturated rings. The van der Waals surface area contributed by atoms with Crippen LogP contribution in [0.15, 0.2) is 54.6 Å². The molecule has 4 N–H and O–H groups in total. The van der Waals surface area contributed by atoms with E-state index in [0.29, 0.717) is 26.2 Å². The lowest BCUT2D eigenvalue weighted by atomic mass is 10.1. The van der Waals surface area contributed by atoms with Gasteiger partial charge in [-0.2, -0.15) is 0 Å². The zero-order valence-corrected chi connectivity index (χ0v) is 16.3. The third kappa shape index (κ3) is 5.04. The predicted octanol–water partition coefficient (Wildman–Crippen LogP) is 1.44. The number of anilines is 1. The summed E-state index contributed by atoms with van der Waals surface area (Å²) < 4.78 is 0. The quantitative estimate of drug-likeness (QED) is 0.451. The number of piperazine rings is 1. The van der Waals surface area contributed by atoms with Gasteiger partial charge in [0.05, 0.1) is 6.10 Å². The largest absolute Gasteiger partial charge is 0.391 e. The van der Waals surface area contributed by atoms with Crippen LogP contribution in [0.2, 0.25) is 0 Å². The molecular formula is C21H26N4O4. The van der Waals surface area contributed by atoms with E-state index in [2.05, 4.69) is 46.6 Å². The topological polar surface area (TPSA) is 105 Å². The molecule has 154 valence electrons. The third-order valence-corrected chi connectivity index (χ3v) is 5.06. The lowest BCUT2D eigenvalue weighted by molar-refractivity contribution is -0.133. The Morgan fingerprint density at radius 3 is 2.07 bits per heavy atom. The fourth-order valence-electron chi connectivity index (χ4n) is 3.36. The summed E-state index contributed by atoms with van der Waals surface area (Å²) in [6.45, 7) is 3.66. The van der Waals surface area contributed by atoms with Crippen LogP contribution in [0.3, 0.4) is 0 Å². The van der Waals surface area contributed by atoms with Crippen molar-refractivity contribution >= 4 is 17.6 Å². The van der Waals surface area contributed by atoms with Crippen LogP contribution in [0.1, 0.15) is 6.92 Å². The highest BCUT2D eigenvalue weighted by molar-refractivity contribution is 5.87. The van der Waals surface area contributed by atoms with E-state index >= 15 is 0 Å². The highest BCUT2D eigenvalue weighted by Gasteiger charge is 2.29. The fraction of sp³-hybridized carbons (Fsp3) is 0.333. The van der Waals surface area contributed by atoms with Gasteiger partial charge in [-0.3, -0.25) is 10.0 Å². The Morgan fingerprint density at radius 2 is 1.52 bits per heavy atom. The fourth-order valence-corrected chi connectivity index (χ4v) is 3.36. The molecule has 0 bridgehead atoms. The van der Waals surface area contributed by atoms with Crippen molar-refractivity contribution in [3.8, 4) is 11.1 Å². The van der Waals surface area contributed by atoms with E-state index < -0.39 is 24.1 Å². The molecule has 1 aliphatic rings. The Morgan fingerprint density at radius 1 is 0.931 bits per heavy atom. The molecule has 0 unspecified atom stereocenters. The van der Waals surface area contributed by atoms with Gasteiger partial charge >= 0.3 is 6.03 Å². The number of rotatable bonds is 5. The van der Waals surface area contributed by atoms with Crippen molar-refractivity contribution in [2.45, 2.75) is 19.1 Å². The van der Waals surface area contributed by atoms with E-state index in [4.69, 9.17) is 5.21 Å². The van der Waals surface area contributed by atoms with E-state index in [0.717, 1.165) is 11.3 Å². The van der Waals surface area contributed by atoms with Gasteiger partial charge in [0.15, 0.2) is 0 Å². The summed E-state index contributed by atoms with van der Waals surface area (Å²) in [7, 11) is 0. The average molecular weight is 398 g/mol. The second-order valence-corrected chi connectivity index (χ2v) is 7.03. The SMILES string of the molecule is C[C@@H](O)[C@@H](NC(=O)N1CCN(c2ccc(-c3ccccc3)cc2)CC1)C(=O)NO. The molecule has 1 saturated heterocycles. The second-order valence-electron chi connectivity index (χ2n) is 7.03. The Balaban J connectivity index is 1.56. The molecule has 3 amide bonds. The van der Waals surface area contributed by atoms with Gasteiger partial charge in [-0.1, -0.05) is 42.5 Å². The summed E-state index contributed by atoms with van der Waals surface area (Å²) in [4.78, 5) is 27.8. The highest BCUT2D eigenvalue weighted by Crippen LogP contribution is 2.23. The van der Waals surface area contributed by atoms with Gasteiger partial charge in [-0.15, -0.1) is 0 Å². The molecule has 29 heavy (non-hydrogen) atoms. The van der Waals surface area contributed by atoms with Gasteiger partial charge in [0.1, 0.15) is 6.04 Å². The van der Waals surface area contributed by atoms with E-state index in [1.54, 1.807) is 4.90 Å². The minimum absolute atomic E-state index is 0.446. The average Bonchev–Trinajstić information content (AvgIpc) is 2.77. The van der Waals surface area contributed by atoms with Crippen LogP contribution in [0, 0.1) is 0 Å². The molecule has 8 heteroatoms. The van der Waals surface area contributed by atoms with Gasteiger partial charge < -0.3 is 20.2 Å². The number of nitrogens with zero attached hydrogens (tertiary/aromatic N) is 2. The van der Waals surface area contributed by atoms with Crippen molar-refractivity contribution in [3.05, 3.63) is 54.6 Å². The maximum absolute atomic E-state index is 12.4. The number of carbonyl (C=O) groups is 2. The minimum atomic E-state index is -1.21. The number of aliphatic hydroxyl groups is 1. The van der Waals surface area contributed by atoms with Crippen molar-refractivity contribution in [2.24, 2.45) is 0 Å². The maximum Gasteiger partial charge on any atom is 0.318 e. The maximum atomic E-state index is 12.4. The van der Waals surface area contributed by atoms with Crippen LogP contribution < -0.4 is 15.7 Å². The number of hydrogen-bond acceptors (Lipinski definition) is 5. The molecule has 1 heterocycles. The number of benzene rings is 2. The number of hydroxylamine groups is 1. The number of aliphatic hydroxyl groups excluding tert-OH is 1. The molecular weight excluding hydrogens is 372 g/mol.